The van der Waals surface area contributed by atoms with Gasteiger partial charge in [-0.2, -0.15) is 4.98 Å². The average molecular weight is 152 g/mol. The zero-order valence-electron chi connectivity index (χ0n) is 4.34. The van der Waals surface area contributed by atoms with E-state index in [1.165, 1.54) is 0 Å². The van der Waals surface area contributed by atoms with Crippen LogP contribution >= 0.6 is 0 Å². The maximum absolute atomic E-state index is 10.3. The average Bonchev–Trinajstić information content (AvgIpc) is 1.59. The zero-order chi connectivity index (χ0) is 6.85. The van der Waals surface area contributed by atoms with E-state index in [1.807, 2.05) is 4.98 Å². The molecule has 0 radical (unpaired) electrons. The Labute approximate surface area is 77.2 Å². The normalized spacial score (nSPS) is 8.40. The number of H-pyrrole nitrogens is 2. The van der Waals surface area contributed by atoms with Crippen LogP contribution in [-0.4, -0.2) is 44.5 Å². The van der Waals surface area contributed by atoms with Crippen LogP contribution in [0.5, 0.6) is 0 Å². The molecule has 0 spiro atoms. The number of hydrogen-bond acceptors (Lipinski definition) is 4. The molecule has 0 aromatic carbocycles. The summed E-state index contributed by atoms with van der Waals surface area (Å²) in [4.78, 5) is 27.6. The predicted octanol–water partition coefficient (Wildman–Crippen LogP) is -2.61. The van der Waals surface area contributed by atoms with Gasteiger partial charge in [0.05, 0.1) is 0 Å². The van der Waals surface area contributed by atoms with E-state index in [0.717, 1.165) is 0 Å². The fourth-order valence-corrected chi connectivity index (χ4v) is 0.410. The van der Waals surface area contributed by atoms with Gasteiger partial charge in [0.2, 0.25) is 5.95 Å². The Morgan fingerprint density at radius 2 is 1.90 bits per heavy atom. The van der Waals surface area contributed by atoms with Gasteiger partial charge in [0.25, 0.3) is 0 Å². The number of nitrogens with one attached hydrogen (secondary N) is 2. The van der Waals surface area contributed by atoms with Crippen LogP contribution in [0.4, 0.5) is 5.95 Å². The second-order valence-electron chi connectivity index (χ2n) is 1.38. The monoisotopic (exact) mass is 152 g/mol. The molecule has 7 heteroatoms. The van der Waals surface area contributed by atoms with E-state index in [9.17, 15) is 9.59 Å². The van der Waals surface area contributed by atoms with Gasteiger partial charge in [-0.1, -0.05) is 0 Å². The van der Waals surface area contributed by atoms with Gasteiger partial charge in [0, 0.05) is 0 Å². The van der Waals surface area contributed by atoms with Crippen molar-refractivity contribution >= 4 is 35.5 Å². The molecule has 6 nitrogen and oxygen atoms in total. The quantitative estimate of drug-likeness (QED) is 0.354. The minimum absolute atomic E-state index is 0. The van der Waals surface area contributed by atoms with Gasteiger partial charge in [0.1, 0.15) is 0 Å². The second-order valence-corrected chi connectivity index (χ2v) is 1.38. The molecule has 0 unspecified atom stereocenters. The molecule has 50 valence electrons. The number of nitrogens with zero attached hydrogens (tertiary/aromatic N) is 1. The topological polar surface area (TPSA) is 105 Å². The first kappa shape index (κ1) is 9.41. The molecule has 0 aliphatic rings. The van der Waals surface area contributed by atoms with E-state index < -0.39 is 11.4 Å². The van der Waals surface area contributed by atoms with Gasteiger partial charge < -0.3 is 5.73 Å². The number of aromatic nitrogens is 3. The van der Waals surface area contributed by atoms with Crippen molar-refractivity contribution < 1.29 is 0 Å². The molecule has 0 aliphatic carbocycles. The van der Waals surface area contributed by atoms with Crippen LogP contribution in [-0.2, 0) is 0 Å². The molecular formula is C3H5N4NaO2. The summed E-state index contributed by atoms with van der Waals surface area (Å²) in [6.45, 7) is 0. The molecule has 0 fully saturated rings. The second kappa shape index (κ2) is 3.55. The van der Waals surface area contributed by atoms with Crippen molar-refractivity contribution in [3.63, 3.8) is 0 Å². The maximum atomic E-state index is 10.3. The van der Waals surface area contributed by atoms with Crippen molar-refractivity contribution in [2.45, 2.75) is 0 Å². The van der Waals surface area contributed by atoms with Crippen LogP contribution in [0.2, 0.25) is 0 Å². The summed E-state index contributed by atoms with van der Waals surface area (Å²) in [5.74, 6) is -0.177. The van der Waals surface area contributed by atoms with E-state index in [1.54, 1.807) is 0 Å². The standard InChI is InChI=1S/C3H4N4O2.Na.H/c4-1-5-2(8)7-3(9)6-1;;/h(H4,4,5,6,7,8,9);;. The first-order valence-corrected chi connectivity index (χ1v) is 2.14. The van der Waals surface area contributed by atoms with Crippen molar-refractivity contribution in [2.24, 2.45) is 0 Å². The fourth-order valence-electron chi connectivity index (χ4n) is 0.410. The van der Waals surface area contributed by atoms with Gasteiger partial charge in [-0.15, -0.1) is 0 Å². The van der Waals surface area contributed by atoms with Gasteiger partial charge in [0.15, 0.2) is 0 Å². The third-order valence-corrected chi connectivity index (χ3v) is 0.684. The van der Waals surface area contributed by atoms with Crippen LogP contribution in [0.25, 0.3) is 0 Å². The Hall–Kier alpha value is -0.590. The molecule has 0 atom stereocenters. The Morgan fingerprint density at radius 3 is 2.30 bits per heavy atom. The summed E-state index contributed by atoms with van der Waals surface area (Å²) in [6, 6.07) is 0. The number of hydrogen-bond donors (Lipinski definition) is 3. The van der Waals surface area contributed by atoms with E-state index in [2.05, 4.69) is 9.97 Å². The van der Waals surface area contributed by atoms with Crippen LogP contribution < -0.4 is 17.1 Å². The van der Waals surface area contributed by atoms with E-state index in [-0.39, 0.29) is 35.5 Å². The third-order valence-electron chi connectivity index (χ3n) is 0.684. The zero-order valence-corrected chi connectivity index (χ0v) is 4.34. The van der Waals surface area contributed by atoms with Crippen LogP contribution in [0.3, 0.4) is 0 Å². The molecule has 1 aromatic heterocycles. The van der Waals surface area contributed by atoms with Crippen LogP contribution in [0.15, 0.2) is 9.59 Å². The molecule has 0 saturated carbocycles. The Morgan fingerprint density at radius 1 is 1.30 bits per heavy atom. The number of nitrogen functional groups attached to an aromatic ring is 1. The molecular weight excluding hydrogens is 147 g/mol. The Balaban J connectivity index is 0.000000810. The summed E-state index contributed by atoms with van der Waals surface area (Å²) >= 11 is 0. The first-order chi connectivity index (χ1) is 4.18. The summed E-state index contributed by atoms with van der Waals surface area (Å²) in [7, 11) is 0. The Bertz CT molecular complexity index is 287. The van der Waals surface area contributed by atoms with Crippen molar-refractivity contribution in [3.05, 3.63) is 21.0 Å². The van der Waals surface area contributed by atoms with Crippen molar-refractivity contribution in [3.8, 4) is 0 Å². The van der Waals surface area contributed by atoms with Crippen molar-refractivity contribution in [1.29, 1.82) is 0 Å². The molecule has 1 aromatic rings. The molecule has 10 heavy (non-hydrogen) atoms. The van der Waals surface area contributed by atoms with Gasteiger partial charge in [-0.25, -0.2) is 9.59 Å². The number of nitrogens with two attached hydrogens (primary N) is 1. The van der Waals surface area contributed by atoms with Crippen molar-refractivity contribution in [2.75, 3.05) is 5.73 Å². The van der Waals surface area contributed by atoms with Gasteiger partial charge >= 0.3 is 40.9 Å². The number of rotatable bonds is 0. The fraction of sp³-hybridized carbons (Fsp3) is 0. The van der Waals surface area contributed by atoms with E-state index in [4.69, 9.17) is 5.73 Å². The number of aromatic amines is 2. The first-order valence-electron chi connectivity index (χ1n) is 2.14. The molecule has 0 saturated heterocycles. The Kier molecular flexibility index (Phi) is 3.34. The molecule has 4 N–H and O–H groups in total. The third kappa shape index (κ3) is 2.34. The summed E-state index contributed by atoms with van der Waals surface area (Å²) < 4.78 is 0. The molecule has 1 rings (SSSR count). The van der Waals surface area contributed by atoms with Crippen LogP contribution in [0, 0.1) is 0 Å². The van der Waals surface area contributed by atoms with Crippen LogP contribution in [0.1, 0.15) is 0 Å². The molecule has 0 aliphatic heterocycles. The van der Waals surface area contributed by atoms with Gasteiger partial charge in [-0.3, -0.25) is 9.97 Å². The summed E-state index contributed by atoms with van der Waals surface area (Å²) in [6.07, 6.45) is 0. The minimum atomic E-state index is -0.740. The predicted molar refractivity (Wildman–Crippen MR) is 37.0 cm³/mol. The van der Waals surface area contributed by atoms with E-state index in [0.29, 0.717) is 0 Å². The molecule has 0 amide bonds. The van der Waals surface area contributed by atoms with Crippen molar-refractivity contribution in [1.82, 2.24) is 15.0 Å². The summed E-state index contributed by atoms with van der Waals surface area (Å²) in [5, 5.41) is 0. The van der Waals surface area contributed by atoms with Gasteiger partial charge in [-0.05, 0) is 0 Å². The van der Waals surface area contributed by atoms with E-state index >= 15 is 0 Å². The number of anilines is 1. The molecule has 0 bridgehead atoms. The SMILES string of the molecule is Nc1nc(=O)[nH]c(=O)[nH]1.[NaH]. The summed E-state index contributed by atoms with van der Waals surface area (Å²) in [5.41, 5.74) is 3.59. The molecule has 1 heterocycles.